The molecule has 0 atom stereocenters. The monoisotopic (exact) mass is 322 g/mol. The first-order chi connectivity index (χ1) is 9.46. The summed E-state index contributed by atoms with van der Waals surface area (Å²) in [5, 5.41) is 0. The zero-order chi connectivity index (χ0) is 14.8. The third-order valence-corrected chi connectivity index (χ3v) is 6.04. The van der Waals surface area contributed by atoms with Gasteiger partial charge in [0.15, 0.2) is 11.6 Å². The van der Waals surface area contributed by atoms with Crippen LogP contribution < -0.4 is 5.73 Å². The Labute approximate surface area is 121 Å². The average molecular weight is 322 g/mol. The Balaban J connectivity index is 2.45. The Morgan fingerprint density at radius 1 is 1.25 bits per heavy atom. The highest BCUT2D eigenvalue weighted by molar-refractivity contribution is 7.99. The van der Waals surface area contributed by atoms with E-state index in [4.69, 9.17) is 5.73 Å². The van der Waals surface area contributed by atoms with E-state index in [1.54, 1.807) is 11.8 Å². The standard InChI is InChI=1S/C12H16F2N2O2S2/c13-10-6-9(8-15)7-11(12(10)14)20(17,18)16-2-1-4-19-5-3-16/h6-7H,1-5,8,15H2. The second kappa shape index (κ2) is 6.38. The van der Waals surface area contributed by atoms with E-state index in [-0.39, 0.29) is 12.1 Å². The minimum absolute atomic E-state index is 0.0461. The Bertz CT molecular complexity index is 585. The highest BCUT2D eigenvalue weighted by atomic mass is 32.2. The normalized spacial score (nSPS) is 17.9. The second-order valence-corrected chi connectivity index (χ2v) is 7.59. The maximum absolute atomic E-state index is 13.8. The van der Waals surface area contributed by atoms with Gasteiger partial charge in [0.1, 0.15) is 4.90 Å². The van der Waals surface area contributed by atoms with Crippen molar-refractivity contribution < 1.29 is 17.2 Å². The molecule has 0 unspecified atom stereocenters. The summed E-state index contributed by atoms with van der Waals surface area (Å²) in [6.07, 6.45) is 0.699. The number of hydrogen-bond acceptors (Lipinski definition) is 4. The number of benzene rings is 1. The molecule has 0 spiro atoms. The van der Waals surface area contributed by atoms with Crippen LogP contribution in [0.3, 0.4) is 0 Å². The summed E-state index contributed by atoms with van der Waals surface area (Å²) in [7, 11) is -4.02. The molecule has 0 bridgehead atoms. The second-order valence-electron chi connectivity index (χ2n) is 4.46. The lowest BCUT2D eigenvalue weighted by molar-refractivity contribution is 0.424. The van der Waals surface area contributed by atoms with Crippen molar-refractivity contribution in [3.8, 4) is 0 Å². The van der Waals surface area contributed by atoms with Crippen LogP contribution in [0.5, 0.6) is 0 Å². The van der Waals surface area contributed by atoms with Crippen molar-refractivity contribution in [2.24, 2.45) is 5.73 Å². The molecule has 2 N–H and O–H groups in total. The third-order valence-electron chi connectivity index (χ3n) is 3.09. The SMILES string of the molecule is NCc1cc(F)c(F)c(S(=O)(=O)N2CCCSCC2)c1. The van der Waals surface area contributed by atoms with Crippen LogP contribution in [0, 0.1) is 11.6 Å². The maximum Gasteiger partial charge on any atom is 0.246 e. The van der Waals surface area contributed by atoms with Crippen LogP contribution in [0.15, 0.2) is 17.0 Å². The highest BCUT2D eigenvalue weighted by Crippen LogP contribution is 2.25. The average Bonchev–Trinajstić information content (AvgIpc) is 2.70. The molecule has 0 saturated carbocycles. The Kier molecular flexibility index (Phi) is 5.00. The lowest BCUT2D eigenvalue weighted by Crippen LogP contribution is -2.33. The fraction of sp³-hybridized carbons (Fsp3) is 0.500. The van der Waals surface area contributed by atoms with E-state index in [9.17, 15) is 17.2 Å². The molecule has 1 saturated heterocycles. The molecule has 1 fully saturated rings. The van der Waals surface area contributed by atoms with Crippen molar-refractivity contribution in [3.05, 3.63) is 29.3 Å². The number of rotatable bonds is 3. The number of thioether (sulfide) groups is 1. The van der Waals surface area contributed by atoms with Gasteiger partial charge in [-0.05, 0) is 29.9 Å². The molecular formula is C12H16F2N2O2S2. The molecule has 4 nitrogen and oxygen atoms in total. The Hall–Kier alpha value is -0.700. The van der Waals surface area contributed by atoms with E-state index < -0.39 is 26.6 Å². The highest BCUT2D eigenvalue weighted by Gasteiger charge is 2.29. The fourth-order valence-corrected chi connectivity index (χ4v) is 4.63. The molecule has 1 heterocycles. The van der Waals surface area contributed by atoms with E-state index >= 15 is 0 Å². The minimum atomic E-state index is -4.02. The fourth-order valence-electron chi connectivity index (χ4n) is 2.03. The van der Waals surface area contributed by atoms with E-state index in [0.29, 0.717) is 25.3 Å². The van der Waals surface area contributed by atoms with Crippen molar-refractivity contribution >= 4 is 21.8 Å². The van der Waals surface area contributed by atoms with Crippen LogP contribution in [0.25, 0.3) is 0 Å². The summed E-state index contributed by atoms with van der Waals surface area (Å²) in [6, 6.07) is 2.04. The van der Waals surface area contributed by atoms with E-state index in [2.05, 4.69) is 0 Å². The van der Waals surface area contributed by atoms with Crippen molar-refractivity contribution in [2.75, 3.05) is 24.6 Å². The zero-order valence-electron chi connectivity index (χ0n) is 10.8. The quantitative estimate of drug-likeness (QED) is 0.917. The van der Waals surface area contributed by atoms with Gasteiger partial charge in [-0.1, -0.05) is 0 Å². The minimum Gasteiger partial charge on any atom is -0.326 e. The summed E-state index contributed by atoms with van der Waals surface area (Å²) in [5.74, 6) is -0.999. The molecule has 0 aromatic heterocycles. The Morgan fingerprint density at radius 2 is 2.00 bits per heavy atom. The van der Waals surface area contributed by atoms with Gasteiger partial charge in [0.25, 0.3) is 0 Å². The van der Waals surface area contributed by atoms with Gasteiger partial charge in [-0.15, -0.1) is 0 Å². The summed E-state index contributed by atoms with van der Waals surface area (Å²) in [4.78, 5) is -0.621. The number of sulfonamides is 1. The van der Waals surface area contributed by atoms with Crippen LogP contribution in [0.2, 0.25) is 0 Å². The molecule has 1 aliphatic heterocycles. The molecule has 0 amide bonds. The first-order valence-corrected chi connectivity index (χ1v) is 8.82. The van der Waals surface area contributed by atoms with Gasteiger partial charge >= 0.3 is 0 Å². The number of nitrogens with two attached hydrogens (primary N) is 1. The molecule has 1 aromatic carbocycles. The van der Waals surface area contributed by atoms with Crippen LogP contribution in [0.1, 0.15) is 12.0 Å². The molecule has 112 valence electrons. The van der Waals surface area contributed by atoms with E-state index in [1.165, 1.54) is 4.31 Å². The number of hydrogen-bond donors (Lipinski definition) is 1. The Morgan fingerprint density at radius 3 is 2.70 bits per heavy atom. The first kappa shape index (κ1) is 15.7. The summed E-state index contributed by atoms with van der Waals surface area (Å²) < 4.78 is 53.4. The van der Waals surface area contributed by atoms with Gasteiger partial charge in [0, 0.05) is 25.4 Å². The van der Waals surface area contributed by atoms with Crippen molar-refractivity contribution in [1.82, 2.24) is 4.31 Å². The summed E-state index contributed by atoms with van der Waals surface area (Å²) in [5.41, 5.74) is 5.64. The molecule has 0 aliphatic carbocycles. The van der Waals surface area contributed by atoms with Crippen LogP contribution in [-0.2, 0) is 16.6 Å². The molecule has 2 rings (SSSR count). The molecule has 8 heteroatoms. The van der Waals surface area contributed by atoms with Gasteiger partial charge in [-0.25, -0.2) is 17.2 Å². The zero-order valence-corrected chi connectivity index (χ0v) is 12.4. The molecular weight excluding hydrogens is 306 g/mol. The van der Waals surface area contributed by atoms with Gasteiger partial charge < -0.3 is 5.73 Å². The number of nitrogens with zero attached hydrogens (tertiary/aromatic N) is 1. The van der Waals surface area contributed by atoms with Crippen LogP contribution >= 0.6 is 11.8 Å². The van der Waals surface area contributed by atoms with Crippen LogP contribution in [0.4, 0.5) is 8.78 Å². The van der Waals surface area contributed by atoms with E-state index in [0.717, 1.165) is 17.9 Å². The first-order valence-electron chi connectivity index (χ1n) is 6.22. The lowest BCUT2D eigenvalue weighted by Gasteiger charge is -2.20. The molecule has 1 aromatic rings. The van der Waals surface area contributed by atoms with Crippen molar-refractivity contribution in [1.29, 1.82) is 0 Å². The van der Waals surface area contributed by atoms with Gasteiger partial charge in [0.05, 0.1) is 0 Å². The summed E-state index contributed by atoms with van der Waals surface area (Å²) >= 11 is 1.65. The molecule has 20 heavy (non-hydrogen) atoms. The number of halogens is 2. The topological polar surface area (TPSA) is 63.4 Å². The third kappa shape index (κ3) is 3.13. The van der Waals surface area contributed by atoms with Crippen molar-refractivity contribution in [3.63, 3.8) is 0 Å². The van der Waals surface area contributed by atoms with Crippen molar-refractivity contribution in [2.45, 2.75) is 17.9 Å². The molecule has 0 radical (unpaired) electrons. The maximum atomic E-state index is 13.8. The predicted octanol–water partition coefficient (Wildman–Crippen LogP) is 1.55. The smallest absolute Gasteiger partial charge is 0.246 e. The van der Waals surface area contributed by atoms with E-state index in [1.807, 2.05) is 0 Å². The lowest BCUT2D eigenvalue weighted by atomic mass is 10.2. The van der Waals surface area contributed by atoms with Gasteiger partial charge in [0.2, 0.25) is 10.0 Å². The summed E-state index contributed by atoms with van der Waals surface area (Å²) in [6.45, 7) is 0.583. The van der Waals surface area contributed by atoms with Gasteiger partial charge in [-0.3, -0.25) is 0 Å². The van der Waals surface area contributed by atoms with Crippen LogP contribution in [-0.4, -0.2) is 37.3 Å². The molecule has 1 aliphatic rings. The largest absolute Gasteiger partial charge is 0.326 e. The van der Waals surface area contributed by atoms with Gasteiger partial charge in [-0.2, -0.15) is 16.1 Å². The predicted molar refractivity (Wildman–Crippen MR) is 75.0 cm³/mol.